The van der Waals surface area contributed by atoms with Gasteiger partial charge in [-0.05, 0) is 13.8 Å². The molecule has 0 aliphatic carbocycles. The van der Waals surface area contributed by atoms with Crippen molar-refractivity contribution in [2.75, 3.05) is 12.9 Å². The maximum atomic E-state index is 11.7. The third-order valence-corrected chi connectivity index (χ3v) is 3.72. The normalized spacial score (nSPS) is 11.3. The van der Waals surface area contributed by atoms with Crippen LogP contribution in [0.1, 0.15) is 11.4 Å². The molecule has 0 unspecified atom stereocenters. The van der Waals surface area contributed by atoms with E-state index in [0.29, 0.717) is 0 Å². The average molecular weight is 291 g/mol. The second-order valence-electron chi connectivity index (χ2n) is 3.87. The van der Waals surface area contributed by atoms with Crippen molar-refractivity contribution in [2.24, 2.45) is 0 Å². The zero-order valence-corrected chi connectivity index (χ0v) is 11.4. The van der Waals surface area contributed by atoms with Gasteiger partial charge in [0.1, 0.15) is 23.0 Å². The Hall–Kier alpha value is -1.97. The van der Waals surface area contributed by atoms with Crippen LogP contribution in [0.5, 0.6) is 0 Å². The number of aryl methyl sites for hydroxylation is 1. The predicted octanol–water partition coefficient (Wildman–Crippen LogP) is -0.0466. The maximum absolute atomic E-state index is 11.7. The topological polar surface area (TPSA) is 121 Å². The molecule has 1 heterocycles. The molecule has 19 heavy (non-hydrogen) atoms. The minimum absolute atomic E-state index is 0.121. The quantitative estimate of drug-likeness (QED) is 0.423. The number of hydrogen-bond acceptors (Lipinski definition) is 7. The summed E-state index contributed by atoms with van der Waals surface area (Å²) in [6.07, 6.45) is 0. The number of nitrogens with zero attached hydrogens (tertiary/aromatic N) is 3. The first-order valence-electron chi connectivity index (χ1n) is 5.13. The fraction of sp³-hybridized carbons (Fsp3) is 0.556. The lowest BCUT2D eigenvalue weighted by molar-refractivity contribution is -0.386. The molecule has 0 aliphatic rings. The number of hydrogen-bond donors (Lipinski definition) is 0. The fourth-order valence-electron chi connectivity index (χ4n) is 1.55. The van der Waals surface area contributed by atoms with E-state index in [-0.39, 0.29) is 17.1 Å². The zero-order valence-electron chi connectivity index (χ0n) is 10.6. The van der Waals surface area contributed by atoms with Crippen molar-refractivity contribution in [3.05, 3.63) is 21.5 Å². The Morgan fingerprint density at radius 2 is 2.05 bits per heavy atom. The molecule has 0 amide bonds. The molecule has 0 saturated carbocycles. The third-order valence-electron chi connectivity index (χ3n) is 2.41. The third kappa shape index (κ3) is 3.50. The van der Waals surface area contributed by atoms with E-state index >= 15 is 0 Å². The first-order chi connectivity index (χ1) is 8.68. The Balaban J connectivity index is 3.04. The SMILES string of the molecule is COC(=O)CS(=O)(=O)Cn1nc(C)c([N+](=O)[O-])c1C. The minimum Gasteiger partial charge on any atom is -0.468 e. The molecule has 0 aliphatic heterocycles. The fourth-order valence-corrected chi connectivity index (χ4v) is 2.74. The molecule has 0 aromatic carbocycles. The summed E-state index contributed by atoms with van der Waals surface area (Å²) >= 11 is 0. The van der Waals surface area contributed by atoms with Crippen LogP contribution in [0.15, 0.2) is 0 Å². The highest BCUT2D eigenvalue weighted by molar-refractivity contribution is 7.91. The average Bonchev–Trinajstić information content (AvgIpc) is 2.52. The van der Waals surface area contributed by atoms with Gasteiger partial charge in [0.2, 0.25) is 0 Å². The van der Waals surface area contributed by atoms with E-state index in [1.807, 2.05) is 0 Å². The largest absolute Gasteiger partial charge is 0.468 e. The smallest absolute Gasteiger partial charge is 0.320 e. The first-order valence-corrected chi connectivity index (χ1v) is 6.95. The highest BCUT2D eigenvalue weighted by atomic mass is 32.2. The summed E-state index contributed by atoms with van der Waals surface area (Å²) in [4.78, 5) is 21.1. The molecular formula is C9H13N3O6S. The van der Waals surface area contributed by atoms with E-state index in [9.17, 15) is 23.3 Å². The van der Waals surface area contributed by atoms with Crippen LogP contribution in [0, 0.1) is 24.0 Å². The Kier molecular flexibility index (Phi) is 4.24. The summed E-state index contributed by atoms with van der Waals surface area (Å²) in [5.74, 6) is -2.30. The number of methoxy groups -OCH3 is 1. The predicted molar refractivity (Wildman–Crippen MR) is 64.2 cm³/mol. The van der Waals surface area contributed by atoms with Crippen molar-refractivity contribution >= 4 is 21.5 Å². The molecule has 0 N–H and O–H groups in total. The Labute approximate surface area is 109 Å². The molecule has 0 spiro atoms. The van der Waals surface area contributed by atoms with E-state index in [0.717, 1.165) is 11.8 Å². The van der Waals surface area contributed by atoms with Crippen LogP contribution in [0.2, 0.25) is 0 Å². The van der Waals surface area contributed by atoms with Crippen molar-refractivity contribution in [2.45, 2.75) is 19.7 Å². The molecule has 0 saturated heterocycles. The molecule has 10 heteroatoms. The van der Waals surface area contributed by atoms with Crippen molar-refractivity contribution < 1.29 is 22.9 Å². The van der Waals surface area contributed by atoms with E-state index in [2.05, 4.69) is 9.84 Å². The number of carbonyl (C=O) groups excluding carboxylic acids is 1. The van der Waals surface area contributed by atoms with Crippen LogP contribution in [0.4, 0.5) is 5.69 Å². The van der Waals surface area contributed by atoms with Gasteiger partial charge in [-0.1, -0.05) is 0 Å². The van der Waals surface area contributed by atoms with Gasteiger partial charge in [0, 0.05) is 0 Å². The summed E-state index contributed by atoms with van der Waals surface area (Å²) in [5, 5.41) is 14.6. The van der Waals surface area contributed by atoms with Crippen molar-refractivity contribution in [1.29, 1.82) is 0 Å². The van der Waals surface area contributed by atoms with E-state index < -0.39 is 32.4 Å². The standard InChI is InChI=1S/C9H13N3O6S/c1-6-9(12(14)15)7(2)11(10-6)5-19(16,17)4-8(13)18-3/h4-5H2,1-3H3. The molecule has 0 atom stereocenters. The monoisotopic (exact) mass is 291 g/mol. The lowest BCUT2D eigenvalue weighted by atomic mass is 10.3. The minimum atomic E-state index is -3.79. The van der Waals surface area contributed by atoms with Crippen LogP contribution < -0.4 is 0 Å². The van der Waals surface area contributed by atoms with Crippen LogP contribution in [0.3, 0.4) is 0 Å². The summed E-state index contributed by atoms with van der Waals surface area (Å²) < 4.78 is 28.6. The van der Waals surface area contributed by atoms with Gasteiger partial charge in [-0.3, -0.25) is 14.9 Å². The molecule has 0 fully saturated rings. The van der Waals surface area contributed by atoms with Crippen LogP contribution in [0.25, 0.3) is 0 Å². The molecule has 9 nitrogen and oxygen atoms in total. The molecule has 1 aromatic rings. The second-order valence-corrected chi connectivity index (χ2v) is 5.90. The van der Waals surface area contributed by atoms with E-state index in [4.69, 9.17) is 0 Å². The van der Waals surface area contributed by atoms with Gasteiger partial charge in [0.25, 0.3) is 0 Å². The molecular weight excluding hydrogens is 278 g/mol. The number of aromatic nitrogens is 2. The lowest BCUT2D eigenvalue weighted by Gasteiger charge is -2.04. The molecule has 0 bridgehead atoms. The molecule has 0 radical (unpaired) electrons. The number of carbonyl (C=O) groups is 1. The molecule has 106 valence electrons. The second kappa shape index (κ2) is 5.34. The van der Waals surface area contributed by atoms with Gasteiger partial charge in [0.15, 0.2) is 9.84 Å². The molecule has 1 rings (SSSR count). The van der Waals surface area contributed by atoms with Gasteiger partial charge in [-0.2, -0.15) is 5.10 Å². The van der Waals surface area contributed by atoms with Gasteiger partial charge >= 0.3 is 11.7 Å². The summed E-state index contributed by atoms with van der Waals surface area (Å²) in [6.45, 7) is 2.81. The molecule has 1 aromatic heterocycles. The highest BCUT2D eigenvalue weighted by Gasteiger charge is 2.25. The van der Waals surface area contributed by atoms with Crippen molar-refractivity contribution in [3.8, 4) is 0 Å². The van der Waals surface area contributed by atoms with Gasteiger partial charge in [-0.25, -0.2) is 13.1 Å². The van der Waals surface area contributed by atoms with Crippen molar-refractivity contribution in [3.63, 3.8) is 0 Å². The summed E-state index contributed by atoms with van der Waals surface area (Å²) in [6, 6.07) is 0. The van der Waals surface area contributed by atoms with Gasteiger partial charge in [0.05, 0.1) is 12.0 Å². The van der Waals surface area contributed by atoms with Crippen LogP contribution in [-0.2, 0) is 25.2 Å². The first kappa shape index (κ1) is 15.1. The number of nitro groups is 1. The number of rotatable bonds is 5. The Morgan fingerprint density at radius 1 is 1.47 bits per heavy atom. The number of sulfone groups is 1. The zero-order chi connectivity index (χ0) is 14.8. The van der Waals surface area contributed by atoms with E-state index in [1.165, 1.54) is 13.8 Å². The number of esters is 1. The number of ether oxygens (including phenoxy) is 1. The van der Waals surface area contributed by atoms with Gasteiger partial charge in [-0.15, -0.1) is 0 Å². The Bertz CT molecular complexity index is 618. The van der Waals surface area contributed by atoms with E-state index in [1.54, 1.807) is 0 Å². The Morgan fingerprint density at radius 3 is 2.47 bits per heavy atom. The van der Waals surface area contributed by atoms with Crippen LogP contribution in [-0.4, -0.2) is 42.0 Å². The summed E-state index contributed by atoms with van der Waals surface area (Å²) in [7, 11) is -2.72. The van der Waals surface area contributed by atoms with Crippen LogP contribution >= 0.6 is 0 Å². The van der Waals surface area contributed by atoms with Gasteiger partial charge < -0.3 is 4.74 Å². The van der Waals surface area contributed by atoms with Crippen molar-refractivity contribution in [1.82, 2.24) is 9.78 Å². The highest BCUT2D eigenvalue weighted by Crippen LogP contribution is 2.22. The maximum Gasteiger partial charge on any atom is 0.320 e. The summed E-state index contributed by atoms with van der Waals surface area (Å²) in [5.41, 5.74) is 0.0139. The lowest BCUT2D eigenvalue weighted by Crippen LogP contribution is -2.22.